The Morgan fingerprint density at radius 2 is 2.32 bits per heavy atom. The summed E-state index contributed by atoms with van der Waals surface area (Å²) in [5.74, 6) is 0. The number of piperazine rings is 1. The summed E-state index contributed by atoms with van der Waals surface area (Å²) >= 11 is 1.84. The third kappa shape index (κ3) is 3.68. The normalized spacial score (nSPS) is 22.7. The van der Waals surface area contributed by atoms with Crippen molar-refractivity contribution in [2.75, 3.05) is 38.1 Å². The van der Waals surface area contributed by atoms with E-state index >= 15 is 0 Å². The first-order chi connectivity index (χ1) is 9.11. The van der Waals surface area contributed by atoms with Crippen molar-refractivity contribution in [2.24, 2.45) is 0 Å². The molecule has 0 aliphatic carbocycles. The third-order valence-corrected chi connectivity index (χ3v) is 5.11. The van der Waals surface area contributed by atoms with Crippen LogP contribution in [0.5, 0.6) is 0 Å². The van der Waals surface area contributed by atoms with Gasteiger partial charge in [0.1, 0.15) is 0 Å². The van der Waals surface area contributed by atoms with E-state index in [2.05, 4.69) is 47.9 Å². The summed E-state index contributed by atoms with van der Waals surface area (Å²) in [7, 11) is 2.20. The zero-order valence-electron chi connectivity index (χ0n) is 12.5. The molecule has 19 heavy (non-hydrogen) atoms. The summed E-state index contributed by atoms with van der Waals surface area (Å²) in [5.41, 5.74) is 0. The highest BCUT2D eigenvalue weighted by atomic mass is 32.1. The van der Waals surface area contributed by atoms with E-state index < -0.39 is 0 Å². The molecule has 2 rings (SSSR count). The van der Waals surface area contributed by atoms with Gasteiger partial charge in [0.05, 0.1) is 0 Å². The van der Waals surface area contributed by atoms with Gasteiger partial charge in [-0.05, 0) is 33.9 Å². The van der Waals surface area contributed by atoms with Gasteiger partial charge in [0.2, 0.25) is 0 Å². The fraction of sp³-hybridized carbons (Fsp3) is 0.786. The van der Waals surface area contributed by atoms with Crippen LogP contribution in [0.3, 0.4) is 0 Å². The van der Waals surface area contributed by atoms with Crippen molar-refractivity contribution in [3.8, 4) is 0 Å². The monoisotopic (exact) mass is 282 g/mol. The Kier molecular flexibility index (Phi) is 5.19. The maximum absolute atomic E-state index is 4.61. The van der Waals surface area contributed by atoms with Gasteiger partial charge in [0, 0.05) is 42.8 Å². The summed E-state index contributed by atoms with van der Waals surface area (Å²) in [4.78, 5) is 10.8. The molecule has 2 heterocycles. The van der Waals surface area contributed by atoms with Crippen LogP contribution in [0.4, 0.5) is 5.13 Å². The first kappa shape index (κ1) is 14.8. The third-order valence-electron chi connectivity index (χ3n) is 3.87. The second kappa shape index (κ2) is 6.68. The fourth-order valence-electron chi connectivity index (χ4n) is 2.31. The molecular formula is C14H26N4S. The highest BCUT2D eigenvalue weighted by Gasteiger charge is 2.23. The number of aromatic nitrogens is 1. The molecule has 0 aromatic carbocycles. The van der Waals surface area contributed by atoms with Gasteiger partial charge in [-0.15, -0.1) is 11.3 Å². The topological polar surface area (TPSA) is 31.4 Å². The Morgan fingerprint density at radius 1 is 1.53 bits per heavy atom. The van der Waals surface area contributed by atoms with Crippen LogP contribution in [0, 0.1) is 0 Å². The predicted molar refractivity (Wildman–Crippen MR) is 83.1 cm³/mol. The SMILES string of the molecule is CCCNC(C)c1cnc(N2CCN(C)C(C)C2)s1. The highest BCUT2D eigenvalue weighted by Crippen LogP contribution is 2.28. The second-order valence-corrected chi connectivity index (χ2v) is 6.54. The van der Waals surface area contributed by atoms with E-state index in [1.807, 2.05) is 17.5 Å². The Morgan fingerprint density at radius 3 is 3.00 bits per heavy atom. The van der Waals surface area contributed by atoms with E-state index in [0.717, 1.165) is 26.2 Å². The number of thiazole rings is 1. The summed E-state index contributed by atoms with van der Waals surface area (Å²) in [6.07, 6.45) is 3.21. The molecule has 1 aliphatic heterocycles. The molecule has 108 valence electrons. The number of anilines is 1. The Bertz CT molecular complexity index is 393. The molecule has 4 nitrogen and oxygen atoms in total. The number of nitrogens with one attached hydrogen (secondary N) is 1. The molecule has 1 N–H and O–H groups in total. The molecule has 0 bridgehead atoms. The molecule has 1 saturated heterocycles. The van der Waals surface area contributed by atoms with E-state index in [0.29, 0.717) is 12.1 Å². The van der Waals surface area contributed by atoms with Gasteiger partial charge in [0.15, 0.2) is 5.13 Å². The zero-order chi connectivity index (χ0) is 13.8. The molecule has 1 aliphatic rings. The number of hydrogen-bond acceptors (Lipinski definition) is 5. The van der Waals surface area contributed by atoms with Crippen LogP contribution in [-0.4, -0.2) is 49.2 Å². The molecule has 1 aromatic heterocycles. The van der Waals surface area contributed by atoms with Crippen molar-refractivity contribution < 1.29 is 0 Å². The molecular weight excluding hydrogens is 256 g/mol. The van der Waals surface area contributed by atoms with Gasteiger partial charge in [-0.3, -0.25) is 0 Å². The molecule has 0 radical (unpaired) electrons. The minimum atomic E-state index is 0.413. The number of hydrogen-bond donors (Lipinski definition) is 1. The fourth-order valence-corrected chi connectivity index (χ4v) is 3.28. The van der Waals surface area contributed by atoms with Gasteiger partial charge in [-0.25, -0.2) is 4.98 Å². The molecule has 0 saturated carbocycles. The summed E-state index contributed by atoms with van der Waals surface area (Å²) in [6.45, 7) is 11.1. The van der Waals surface area contributed by atoms with Crippen LogP contribution < -0.4 is 10.2 Å². The van der Waals surface area contributed by atoms with Crippen molar-refractivity contribution >= 4 is 16.5 Å². The van der Waals surface area contributed by atoms with Crippen molar-refractivity contribution in [1.29, 1.82) is 0 Å². The van der Waals surface area contributed by atoms with Crippen LogP contribution in [0.25, 0.3) is 0 Å². The van der Waals surface area contributed by atoms with Gasteiger partial charge < -0.3 is 15.1 Å². The maximum Gasteiger partial charge on any atom is 0.185 e. The number of likely N-dealkylation sites (N-methyl/N-ethyl adjacent to an activating group) is 1. The Hall–Kier alpha value is -0.650. The van der Waals surface area contributed by atoms with Crippen molar-refractivity contribution in [3.63, 3.8) is 0 Å². The van der Waals surface area contributed by atoms with Gasteiger partial charge in [-0.2, -0.15) is 0 Å². The molecule has 0 amide bonds. The van der Waals surface area contributed by atoms with Gasteiger partial charge >= 0.3 is 0 Å². The lowest BCUT2D eigenvalue weighted by Crippen LogP contribution is -2.50. The zero-order valence-corrected chi connectivity index (χ0v) is 13.3. The molecule has 2 atom stereocenters. The standard InChI is InChI=1S/C14H26N4S/c1-5-6-15-12(3)13-9-16-14(19-13)18-8-7-17(4)11(2)10-18/h9,11-12,15H,5-8,10H2,1-4H3. The minimum absolute atomic E-state index is 0.413. The van der Waals surface area contributed by atoms with Crippen molar-refractivity contribution in [1.82, 2.24) is 15.2 Å². The lowest BCUT2D eigenvalue weighted by molar-refractivity contribution is 0.234. The minimum Gasteiger partial charge on any atom is -0.345 e. The van der Waals surface area contributed by atoms with E-state index in [9.17, 15) is 0 Å². The van der Waals surface area contributed by atoms with E-state index in [1.54, 1.807) is 0 Å². The average Bonchev–Trinajstić information content (AvgIpc) is 2.89. The highest BCUT2D eigenvalue weighted by molar-refractivity contribution is 7.15. The summed E-state index contributed by atoms with van der Waals surface area (Å²) in [5, 5.41) is 4.70. The number of rotatable bonds is 5. The van der Waals surface area contributed by atoms with Crippen LogP contribution in [0.15, 0.2) is 6.20 Å². The van der Waals surface area contributed by atoms with Crippen LogP contribution >= 0.6 is 11.3 Å². The average molecular weight is 282 g/mol. The number of nitrogens with zero attached hydrogens (tertiary/aromatic N) is 3. The predicted octanol–water partition coefficient (Wildman–Crippen LogP) is 2.34. The first-order valence-corrected chi connectivity index (χ1v) is 8.07. The first-order valence-electron chi connectivity index (χ1n) is 7.26. The molecule has 2 unspecified atom stereocenters. The summed E-state index contributed by atoms with van der Waals surface area (Å²) in [6, 6.07) is 1.02. The largest absolute Gasteiger partial charge is 0.345 e. The van der Waals surface area contributed by atoms with E-state index in [-0.39, 0.29) is 0 Å². The molecule has 1 aromatic rings. The lowest BCUT2D eigenvalue weighted by Gasteiger charge is -2.37. The Labute approximate surface area is 120 Å². The van der Waals surface area contributed by atoms with Crippen LogP contribution in [0.2, 0.25) is 0 Å². The lowest BCUT2D eigenvalue weighted by atomic mass is 10.2. The van der Waals surface area contributed by atoms with Gasteiger partial charge in [0.25, 0.3) is 0 Å². The van der Waals surface area contributed by atoms with E-state index in [4.69, 9.17) is 0 Å². The van der Waals surface area contributed by atoms with Crippen molar-refractivity contribution in [2.45, 2.75) is 39.3 Å². The smallest absolute Gasteiger partial charge is 0.185 e. The summed E-state index contributed by atoms with van der Waals surface area (Å²) < 4.78 is 0. The molecule has 0 spiro atoms. The second-order valence-electron chi connectivity index (χ2n) is 5.50. The molecule has 1 fully saturated rings. The van der Waals surface area contributed by atoms with Gasteiger partial charge in [-0.1, -0.05) is 6.92 Å². The Balaban J connectivity index is 1.97. The van der Waals surface area contributed by atoms with Crippen LogP contribution in [0.1, 0.15) is 38.1 Å². The molecule has 5 heteroatoms. The maximum atomic E-state index is 4.61. The van der Waals surface area contributed by atoms with Crippen LogP contribution in [-0.2, 0) is 0 Å². The van der Waals surface area contributed by atoms with Crippen molar-refractivity contribution in [3.05, 3.63) is 11.1 Å². The quantitative estimate of drug-likeness (QED) is 0.898. The van der Waals surface area contributed by atoms with E-state index in [1.165, 1.54) is 16.4 Å².